The lowest BCUT2D eigenvalue weighted by Crippen LogP contribution is -2.12. The molecule has 5 nitrogen and oxygen atoms in total. The number of hydrogen-bond acceptors (Lipinski definition) is 3. The summed E-state index contributed by atoms with van der Waals surface area (Å²) in [6.45, 7) is 8.59. The molecule has 4 aromatic rings. The average Bonchev–Trinajstić information content (AvgIpc) is 3.22. The molecule has 5 heteroatoms. The highest BCUT2D eigenvalue weighted by Crippen LogP contribution is 2.37. The number of rotatable bonds is 5. The van der Waals surface area contributed by atoms with Gasteiger partial charge in [0.2, 0.25) is 5.91 Å². The van der Waals surface area contributed by atoms with Gasteiger partial charge in [0.15, 0.2) is 0 Å². The first-order valence-corrected chi connectivity index (χ1v) is 9.98. The normalized spacial score (nSPS) is 12.5. The number of carbonyl (C=O) groups excluding carboxylic acids is 1. The Balaban J connectivity index is 2.10. The number of para-hydroxylation sites is 1. The van der Waals surface area contributed by atoms with Gasteiger partial charge in [-0.05, 0) is 51.5 Å². The van der Waals surface area contributed by atoms with Gasteiger partial charge in [0.1, 0.15) is 5.76 Å². The van der Waals surface area contributed by atoms with Crippen molar-refractivity contribution in [3.63, 3.8) is 0 Å². The summed E-state index contributed by atoms with van der Waals surface area (Å²) in [6.07, 6.45) is 6.15. The Bertz CT molecular complexity index is 1320. The summed E-state index contributed by atoms with van der Waals surface area (Å²) in [5, 5.41) is 5.98. The van der Waals surface area contributed by atoms with Crippen LogP contribution in [-0.4, -0.2) is 15.6 Å². The molecule has 0 unspecified atom stereocenters. The molecule has 4 rings (SSSR count). The first-order valence-electron chi connectivity index (χ1n) is 9.98. The van der Waals surface area contributed by atoms with Crippen molar-refractivity contribution < 1.29 is 9.32 Å². The number of aromatic nitrogens is 2. The van der Waals surface area contributed by atoms with Crippen LogP contribution in [0.3, 0.4) is 0 Å². The van der Waals surface area contributed by atoms with E-state index >= 15 is 0 Å². The number of amides is 1. The van der Waals surface area contributed by atoms with Crippen molar-refractivity contribution in [3.05, 3.63) is 77.2 Å². The molecule has 0 saturated heterocycles. The van der Waals surface area contributed by atoms with E-state index < -0.39 is 5.91 Å². The van der Waals surface area contributed by atoms with Gasteiger partial charge in [-0.25, -0.2) is 0 Å². The number of carbonyl (C=O) groups is 1. The van der Waals surface area contributed by atoms with Gasteiger partial charge in [-0.2, -0.15) is 0 Å². The molecule has 2 N–H and O–H groups in total. The van der Waals surface area contributed by atoms with E-state index in [4.69, 9.17) is 10.3 Å². The van der Waals surface area contributed by atoms with Crippen LogP contribution in [0.25, 0.3) is 32.9 Å². The number of hydrogen-bond donors (Lipinski definition) is 1. The number of nitrogens with zero attached hydrogens (tertiary/aromatic N) is 2. The molecule has 0 aliphatic carbocycles. The van der Waals surface area contributed by atoms with Gasteiger partial charge in [0.05, 0.1) is 11.2 Å². The second-order valence-corrected chi connectivity index (χ2v) is 7.62. The Labute approximate surface area is 175 Å². The van der Waals surface area contributed by atoms with Crippen LogP contribution >= 0.6 is 0 Å². The number of primary amides is 1. The molecular weight excluding hydrogens is 374 g/mol. The fraction of sp³-hybridized carbons (Fsp3) is 0.200. The quantitative estimate of drug-likeness (QED) is 0.438. The highest BCUT2D eigenvalue weighted by atomic mass is 16.5. The first-order chi connectivity index (χ1) is 14.4. The van der Waals surface area contributed by atoms with Crippen molar-refractivity contribution in [1.82, 2.24) is 9.72 Å². The number of allylic oxidation sites excluding steroid dienone is 4. The van der Waals surface area contributed by atoms with Crippen LogP contribution in [-0.2, 0) is 6.54 Å². The van der Waals surface area contributed by atoms with E-state index in [1.54, 1.807) is 0 Å². The summed E-state index contributed by atoms with van der Waals surface area (Å²) < 4.78 is 7.61. The standard InChI is InChI=1S/C25H25N3O2/c1-5-6-9-15(2)14-28-21-11-8-7-10-19(21)24-20(25(26)29)12-18(13-22(24)28)23-16(3)27-30-17(23)4/h5-13H,14H2,1-4H3,(H2,26,29)/b6-5-,15-9+. The minimum atomic E-state index is -0.447. The number of nitrogens with two attached hydrogens (primary N) is 1. The highest BCUT2D eigenvalue weighted by molar-refractivity contribution is 6.19. The second-order valence-electron chi connectivity index (χ2n) is 7.62. The fourth-order valence-corrected chi connectivity index (χ4v) is 4.14. The molecule has 1 amide bonds. The molecule has 2 aromatic carbocycles. The maximum Gasteiger partial charge on any atom is 0.249 e. The number of benzene rings is 2. The van der Waals surface area contributed by atoms with E-state index in [9.17, 15) is 4.79 Å². The van der Waals surface area contributed by atoms with E-state index in [-0.39, 0.29) is 0 Å². The van der Waals surface area contributed by atoms with Crippen molar-refractivity contribution >= 4 is 27.7 Å². The van der Waals surface area contributed by atoms with E-state index in [0.717, 1.165) is 38.6 Å². The van der Waals surface area contributed by atoms with Crippen LogP contribution in [0.2, 0.25) is 0 Å². The van der Waals surface area contributed by atoms with Crippen molar-refractivity contribution in [3.8, 4) is 11.1 Å². The summed E-state index contributed by atoms with van der Waals surface area (Å²) in [5.41, 5.74) is 12.2. The topological polar surface area (TPSA) is 74.0 Å². The zero-order chi connectivity index (χ0) is 21.4. The van der Waals surface area contributed by atoms with Crippen LogP contribution in [0.15, 0.2) is 64.7 Å². The summed E-state index contributed by atoms with van der Waals surface area (Å²) in [7, 11) is 0. The zero-order valence-corrected chi connectivity index (χ0v) is 17.7. The predicted molar refractivity (Wildman–Crippen MR) is 122 cm³/mol. The zero-order valence-electron chi connectivity index (χ0n) is 17.7. The third kappa shape index (κ3) is 3.22. The molecule has 152 valence electrons. The molecule has 0 saturated carbocycles. The SMILES string of the molecule is C/C=C\C=C(/C)Cn1c2ccccc2c2c(C(N)=O)cc(-c3c(C)noc3C)cc21. The van der Waals surface area contributed by atoms with Crippen LogP contribution in [0.1, 0.15) is 35.7 Å². The third-order valence-electron chi connectivity index (χ3n) is 5.44. The number of fused-ring (bicyclic) bond motifs is 3. The average molecular weight is 399 g/mol. The molecule has 0 spiro atoms. The van der Waals surface area contributed by atoms with Crippen molar-refractivity contribution in [1.29, 1.82) is 0 Å². The lowest BCUT2D eigenvalue weighted by atomic mass is 9.97. The predicted octanol–water partition coefficient (Wildman–Crippen LogP) is 5.69. The lowest BCUT2D eigenvalue weighted by Gasteiger charge is -2.10. The Morgan fingerprint density at radius 1 is 1.20 bits per heavy atom. The maximum absolute atomic E-state index is 12.5. The van der Waals surface area contributed by atoms with E-state index in [1.165, 1.54) is 5.57 Å². The molecule has 0 atom stereocenters. The molecule has 2 heterocycles. The van der Waals surface area contributed by atoms with Crippen molar-refractivity contribution in [2.75, 3.05) is 0 Å². The summed E-state index contributed by atoms with van der Waals surface area (Å²) in [4.78, 5) is 12.5. The first kappa shape index (κ1) is 19.7. The number of aryl methyl sites for hydroxylation is 2. The van der Waals surface area contributed by atoms with E-state index in [2.05, 4.69) is 34.9 Å². The molecular formula is C25H25N3O2. The molecule has 0 bridgehead atoms. The summed E-state index contributed by atoms with van der Waals surface area (Å²) in [5.74, 6) is 0.270. The van der Waals surface area contributed by atoms with Gasteiger partial charge in [-0.15, -0.1) is 0 Å². The Morgan fingerprint density at radius 3 is 2.63 bits per heavy atom. The van der Waals surface area contributed by atoms with Gasteiger partial charge >= 0.3 is 0 Å². The fourth-order valence-electron chi connectivity index (χ4n) is 4.14. The second kappa shape index (κ2) is 7.67. The van der Waals surface area contributed by atoms with Crippen LogP contribution in [0, 0.1) is 13.8 Å². The Morgan fingerprint density at radius 2 is 1.97 bits per heavy atom. The van der Waals surface area contributed by atoms with Crippen LogP contribution in [0.5, 0.6) is 0 Å². The highest BCUT2D eigenvalue weighted by Gasteiger charge is 2.21. The molecule has 0 fully saturated rings. The Hall–Kier alpha value is -3.60. The Kier molecular flexibility index (Phi) is 5.04. The van der Waals surface area contributed by atoms with Crippen molar-refractivity contribution in [2.24, 2.45) is 5.73 Å². The molecule has 0 aliphatic heterocycles. The van der Waals surface area contributed by atoms with Crippen molar-refractivity contribution in [2.45, 2.75) is 34.2 Å². The van der Waals surface area contributed by atoms with Gasteiger partial charge < -0.3 is 14.8 Å². The lowest BCUT2D eigenvalue weighted by molar-refractivity contribution is 0.100. The van der Waals surface area contributed by atoms with Crippen LogP contribution < -0.4 is 5.73 Å². The van der Waals surface area contributed by atoms with Gasteiger partial charge in [-0.3, -0.25) is 4.79 Å². The smallest absolute Gasteiger partial charge is 0.249 e. The molecule has 0 aliphatic rings. The molecule has 0 radical (unpaired) electrons. The minimum absolute atomic E-state index is 0.447. The summed E-state index contributed by atoms with van der Waals surface area (Å²) >= 11 is 0. The van der Waals surface area contributed by atoms with E-state index in [0.29, 0.717) is 17.9 Å². The van der Waals surface area contributed by atoms with Gasteiger partial charge in [0.25, 0.3) is 0 Å². The molecule has 30 heavy (non-hydrogen) atoms. The third-order valence-corrected chi connectivity index (χ3v) is 5.44. The monoisotopic (exact) mass is 399 g/mol. The summed E-state index contributed by atoms with van der Waals surface area (Å²) in [6, 6.07) is 12.1. The van der Waals surface area contributed by atoms with Crippen LogP contribution in [0.4, 0.5) is 0 Å². The van der Waals surface area contributed by atoms with Gasteiger partial charge in [-0.1, -0.05) is 47.2 Å². The van der Waals surface area contributed by atoms with Gasteiger partial charge in [0, 0.05) is 34.0 Å². The molecule has 2 aromatic heterocycles. The maximum atomic E-state index is 12.5. The largest absolute Gasteiger partial charge is 0.366 e. The minimum Gasteiger partial charge on any atom is -0.366 e. The van der Waals surface area contributed by atoms with E-state index in [1.807, 2.05) is 57.2 Å².